The SMILES string of the molecule is C=C1COCC(C)N1Cc1ccccc1.CC.Cc1c(Nc2ccc(C#N)cc2F)nc[nH]c1=O. The highest BCUT2D eigenvalue weighted by Gasteiger charge is 2.20. The zero-order valence-electron chi connectivity index (χ0n) is 20.6. The Morgan fingerprint density at radius 2 is 2.00 bits per heavy atom. The summed E-state index contributed by atoms with van der Waals surface area (Å²) in [6, 6.07) is 16.8. The Morgan fingerprint density at radius 3 is 2.63 bits per heavy atom. The van der Waals surface area contributed by atoms with Gasteiger partial charge in [-0.3, -0.25) is 4.79 Å². The molecule has 0 saturated carbocycles. The van der Waals surface area contributed by atoms with E-state index in [4.69, 9.17) is 10.00 Å². The molecule has 2 heterocycles. The van der Waals surface area contributed by atoms with Crippen molar-refractivity contribution in [2.45, 2.75) is 40.3 Å². The molecule has 35 heavy (non-hydrogen) atoms. The fourth-order valence-electron chi connectivity index (χ4n) is 3.29. The van der Waals surface area contributed by atoms with Crippen LogP contribution in [0.1, 0.15) is 37.5 Å². The van der Waals surface area contributed by atoms with Gasteiger partial charge in [-0.2, -0.15) is 5.26 Å². The van der Waals surface area contributed by atoms with E-state index in [1.165, 1.54) is 24.0 Å². The van der Waals surface area contributed by atoms with Gasteiger partial charge >= 0.3 is 0 Å². The van der Waals surface area contributed by atoms with Crippen molar-refractivity contribution in [1.82, 2.24) is 14.9 Å². The van der Waals surface area contributed by atoms with Crippen LogP contribution in [-0.2, 0) is 11.3 Å². The molecule has 8 heteroatoms. The lowest BCUT2D eigenvalue weighted by atomic mass is 10.1. The average molecular weight is 478 g/mol. The number of H-pyrrole nitrogens is 1. The molecule has 1 atom stereocenters. The fraction of sp³-hybridized carbons (Fsp3) is 0.296. The highest BCUT2D eigenvalue weighted by molar-refractivity contribution is 5.60. The van der Waals surface area contributed by atoms with Gasteiger partial charge in [0.25, 0.3) is 5.56 Å². The molecule has 0 spiro atoms. The summed E-state index contributed by atoms with van der Waals surface area (Å²) in [4.78, 5) is 20.0. The van der Waals surface area contributed by atoms with Gasteiger partial charge in [-0.15, -0.1) is 0 Å². The van der Waals surface area contributed by atoms with Gasteiger partial charge < -0.3 is 19.9 Å². The first kappa shape index (κ1) is 27.3. The van der Waals surface area contributed by atoms with Crippen LogP contribution >= 0.6 is 0 Å². The molecule has 2 aromatic carbocycles. The minimum atomic E-state index is -0.574. The monoisotopic (exact) mass is 477 g/mol. The Labute approximate surface area is 205 Å². The fourth-order valence-corrected chi connectivity index (χ4v) is 3.29. The van der Waals surface area contributed by atoms with Gasteiger partial charge in [-0.25, -0.2) is 9.37 Å². The molecule has 1 aliphatic rings. The summed E-state index contributed by atoms with van der Waals surface area (Å²) in [6.45, 7) is 14.2. The van der Waals surface area contributed by atoms with E-state index in [1.54, 1.807) is 6.92 Å². The van der Waals surface area contributed by atoms with Crippen molar-refractivity contribution in [1.29, 1.82) is 5.26 Å². The van der Waals surface area contributed by atoms with Gasteiger partial charge in [0.2, 0.25) is 0 Å². The van der Waals surface area contributed by atoms with Crippen molar-refractivity contribution in [2.75, 3.05) is 18.5 Å². The van der Waals surface area contributed by atoms with Crippen LogP contribution in [0.4, 0.5) is 15.9 Å². The molecule has 0 radical (unpaired) electrons. The van der Waals surface area contributed by atoms with E-state index in [1.807, 2.05) is 26.0 Å². The molecule has 0 amide bonds. The third kappa shape index (κ3) is 7.80. The van der Waals surface area contributed by atoms with Crippen LogP contribution in [0, 0.1) is 24.1 Å². The van der Waals surface area contributed by atoms with E-state index < -0.39 is 5.82 Å². The molecule has 0 bridgehead atoms. The van der Waals surface area contributed by atoms with Crippen molar-refractivity contribution in [3.05, 3.63) is 100.0 Å². The molecular weight excluding hydrogens is 445 g/mol. The number of anilines is 2. The van der Waals surface area contributed by atoms with Crippen LogP contribution in [0.25, 0.3) is 0 Å². The van der Waals surface area contributed by atoms with E-state index in [9.17, 15) is 9.18 Å². The molecule has 1 unspecified atom stereocenters. The van der Waals surface area contributed by atoms with Crippen molar-refractivity contribution in [2.24, 2.45) is 0 Å². The van der Waals surface area contributed by atoms with E-state index in [0.717, 1.165) is 24.9 Å². The van der Waals surface area contributed by atoms with Gasteiger partial charge in [0.05, 0.1) is 42.4 Å². The number of nitrogens with zero attached hydrogens (tertiary/aromatic N) is 3. The van der Waals surface area contributed by atoms with Gasteiger partial charge in [0, 0.05) is 18.3 Å². The quantitative estimate of drug-likeness (QED) is 0.531. The number of aromatic amines is 1. The first-order valence-electron chi connectivity index (χ1n) is 11.5. The van der Waals surface area contributed by atoms with Gasteiger partial charge in [0.1, 0.15) is 11.6 Å². The third-order valence-corrected chi connectivity index (χ3v) is 5.20. The number of nitrogens with one attached hydrogen (secondary N) is 2. The number of morpholine rings is 1. The molecule has 1 saturated heterocycles. The second-order valence-electron chi connectivity index (χ2n) is 7.68. The standard InChI is InChI=1S/C13H17NO.C12H9FN4O.C2H6/c1-11-9-15-10-12(2)14(11)8-13-6-4-3-5-7-13;1-7-11(15-6-16-12(7)18)17-10-3-2-8(5-14)4-9(10)13;1-2/h3-7,12H,1,8-10H2,2H3;2-4,6H,1H3,(H2,15,16,17,18);1-2H3. The normalized spacial score (nSPS) is 14.6. The lowest BCUT2D eigenvalue weighted by molar-refractivity contribution is 0.0317. The Bertz CT molecular complexity index is 1200. The molecular formula is C27H32FN5O2. The highest BCUT2D eigenvalue weighted by atomic mass is 19.1. The molecule has 1 aromatic heterocycles. The number of hydrogen-bond acceptors (Lipinski definition) is 6. The van der Waals surface area contributed by atoms with Crippen molar-refractivity contribution in [3.63, 3.8) is 0 Å². The van der Waals surface area contributed by atoms with Crippen LogP contribution in [0.2, 0.25) is 0 Å². The number of benzene rings is 2. The predicted octanol–water partition coefficient (Wildman–Crippen LogP) is 5.28. The summed E-state index contributed by atoms with van der Waals surface area (Å²) in [5.41, 5.74) is 2.87. The number of aromatic nitrogens is 2. The number of nitriles is 1. The molecule has 1 fully saturated rings. The first-order valence-corrected chi connectivity index (χ1v) is 11.5. The minimum absolute atomic E-state index is 0.162. The number of halogens is 1. The number of hydrogen-bond donors (Lipinski definition) is 2. The molecule has 3 aromatic rings. The Balaban J connectivity index is 0.000000234. The summed E-state index contributed by atoms with van der Waals surface area (Å²) < 4.78 is 19.0. The maximum atomic E-state index is 13.6. The Morgan fingerprint density at radius 1 is 1.29 bits per heavy atom. The number of ether oxygens (including phenoxy) is 1. The summed E-state index contributed by atoms with van der Waals surface area (Å²) in [5, 5.41) is 11.3. The van der Waals surface area contributed by atoms with Crippen LogP contribution in [-0.4, -0.2) is 34.1 Å². The van der Waals surface area contributed by atoms with Gasteiger partial charge in [-0.05, 0) is 37.6 Å². The summed E-state index contributed by atoms with van der Waals surface area (Å²) >= 11 is 0. The van der Waals surface area contributed by atoms with Crippen molar-refractivity contribution >= 4 is 11.5 Å². The maximum absolute atomic E-state index is 13.6. The lowest BCUT2D eigenvalue weighted by Crippen LogP contribution is -2.40. The van der Waals surface area contributed by atoms with E-state index in [2.05, 4.69) is 58.0 Å². The summed E-state index contributed by atoms with van der Waals surface area (Å²) in [7, 11) is 0. The van der Waals surface area contributed by atoms with Crippen LogP contribution in [0.15, 0.2) is 71.9 Å². The van der Waals surface area contributed by atoms with E-state index >= 15 is 0 Å². The first-order chi connectivity index (χ1) is 16.9. The molecule has 0 aliphatic carbocycles. The zero-order chi connectivity index (χ0) is 25.8. The molecule has 4 rings (SSSR count). The summed E-state index contributed by atoms with van der Waals surface area (Å²) in [5.74, 6) is -0.294. The van der Waals surface area contributed by atoms with Crippen LogP contribution in [0.3, 0.4) is 0 Å². The summed E-state index contributed by atoms with van der Waals surface area (Å²) in [6.07, 6.45) is 1.24. The number of rotatable bonds is 4. The molecule has 7 nitrogen and oxygen atoms in total. The maximum Gasteiger partial charge on any atom is 0.255 e. The highest BCUT2D eigenvalue weighted by Crippen LogP contribution is 2.20. The van der Waals surface area contributed by atoms with Gasteiger partial charge in [-0.1, -0.05) is 50.8 Å². The van der Waals surface area contributed by atoms with Crippen molar-refractivity contribution < 1.29 is 9.13 Å². The van der Waals surface area contributed by atoms with Crippen molar-refractivity contribution in [3.8, 4) is 6.07 Å². The molecule has 1 aliphatic heterocycles. The minimum Gasteiger partial charge on any atom is -0.373 e. The largest absolute Gasteiger partial charge is 0.373 e. The van der Waals surface area contributed by atoms with Gasteiger partial charge in [0.15, 0.2) is 0 Å². The Kier molecular flexibility index (Phi) is 10.7. The average Bonchev–Trinajstić information content (AvgIpc) is 2.88. The van der Waals surface area contributed by atoms with Crippen LogP contribution < -0.4 is 10.9 Å². The second kappa shape index (κ2) is 13.7. The van der Waals surface area contributed by atoms with E-state index in [0.29, 0.717) is 18.2 Å². The third-order valence-electron chi connectivity index (χ3n) is 5.20. The second-order valence-corrected chi connectivity index (χ2v) is 7.68. The lowest BCUT2D eigenvalue weighted by Gasteiger charge is -2.36. The zero-order valence-corrected chi connectivity index (χ0v) is 20.6. The smallest absolute Gasteiger partial charge is 0.255 e. The topological polar surface area (TPSA) is 94.0 Å². The molecule has 2 N–H and O–H groups in total. The van der Waals surface area contributed by atoms with Crippen LogP contribution in [0.5, 0.6) is 0 Å². The Hall–Kier alpha value is -3.96. The predicted molar refractivity (Wildman–Crippen MR) is 137 cm³/mol. The molecule has 184 valence electrons. The van der Waals surface area contributed by atoms with E-state index in [-0.39, 0.29) is 22.6 Å².